The Morgan fingerprint density at radius 1 is 1.27 bits per heavy atom. The normalized spacial score (nSPS) is 16.8. The van der Waals surface area contributed by atoms with Crippen LogP contribution in [-0.2, 0) is 4.79 Å². The smallest absolute Gasteiger partial charge is 0.234 e. The quantitative estimate of drug-likeness (QED) is 0.445. The van der Waals surface area contributed by atoms with Gasteiger partial charge in [-0.2, -0.15) is 4.98 Å². The number of rotatable bonds is 5. The van der Waals surface area contributed by atoms with E-state index in [1.165, 1.54) is 30.2 Å². The summed E-state index contributed by atoms with van der Waals surface area (Å²) in [5, 5.41) is 4.89. The zero-order valence-electron chi connectivity index (χ0n) is 17.9. The van der Waals surface area contributed by atoms with Crippen molar-refractivity contribution < 1.29 is 4.79 Å². The molecule has 6 nitrogen and oxygen atoms in total. The monoisotopic (exact) mass is 441 g/mol. The molecule has 0 bridgehead atoms. The lowest BCUT2D eigenvalue weighted by Crippen LogP contribution is -2.34. The maximum atomic E-state index is 12.6. The van der Waals surface area contributed by atoms with Crippen molar-refractivity contribution in [2.75, 3.05) is 29.1 Å². The van der Waals surface area contributed by atoms with Gasteiger partial charge in [0.25, 0.3) is 0 Å². The molecule has 1 atom stereocenters. The summed E-state index contributed by atoms with van der Waals surface area (Å²) in [5.74, 6) is 0.951. The maximum Gasteiger partial charge on any atom is 0.234 e. The van der Waals surface area contributed by atoms with E-state index >= 15 is 0 Å². The van der Waals surface area contributed by atoms with Crippen LogP contribution in [0.1, 0.15) is 36.5 Å². The number of piperidine rings is 1. The van der Waals surface area contributed by atoms with Crippen LogP contribution in [0, 0.1) is 26.7 Å². The molecular weight excluding hydrogens is 414 g/mol. The molecule has 0 spiro atoms. The van der Waals surface area contributed by atoms with Gasteiger partial charge in [-0.15, -0.1) is 0 Å². The van der Waals surface area contributed by atoms with Crippen molar-refractivity contribution in [2.45, 2.75) is 45.6 Å². The summed E-state index contributed by atoms with van der Waals surface area (Å²) in [5.41, 5.74) is 4.98. The zero-order valence-corrected chi connectivity index (χ0v) is 19.5. The highest BCUT2D eigenvalue weighted by Gasteiger charge is 2.21. The van der Waals surface area contributed by atoms with Crippen LogP contribution in [0.25, 0.3) is 10.3 Å². The number of benzene rings is 1. The Balaban J connectivity index is 1.47. The average Bonchev–Trinajstić information content (AvgIpc) is 3.14. The summed E-state index contributed by atoms with van der Waals surface area (Å²) in [7, 11) is 0. The number of aromatic nitrogens is 3. The molecule has 1 N–H and O–H groups in total. The molecule has 8 heteroatoms. The van der Waals surface area contributed by atoms with Crippen LogP contribution < -0.4 is 10.2 Å². The third-order valence-electron chi connectivity index (χ3n) is 5.36. The van der Waals surface area contributed by atoms with Crippen LogP contribution in [-0.4, -0.2) is 39.7 Å². The minimum absolute atomic E-state index is 0.0311. The van der Waals surface area contributed by atoms with E-state index in [0.717, 1.165) is 50.4 Å². The second kappa shape index (κ2) is 8.89. The van der Waals surface area contributed by atoms with E-state index < -0.39 is 0 Å². The van der Waals surface area contributed by atoms with E-state index in [-0.39, 0.29) is 5.91 Å². The van der Waals surface area contributed by atoms with E-state index in [2.05, 4.69) is 46.2 Å². The number of hydrogen-bond donors (Lipinski definition) is 1. The first kappa shape index (κ1) is 21.1. The second-order valence-electron chi connectivity index (χ2n) is 8.13. The average molecular weight is 442 g/mol. The zero-order chi connectivity index (χ0) is 21.3. The molecule has 0 unspecified atom stereocenters. The minimum atomic E-state index is -0.0311. The number of carbonyl (C=O) groups excluding carboxylic acids is 1. The summed E-state index contributed by atoms with van der Waals surface area (Å²) in [6.45, 7) is 10.5. The number of aryl methyl sites for hydroxylation is 3. The summed E-state index contributed by atoms with van der Waals surface area (Å²) in [6, 6.07) is 4.17. The fraction of sp³-hybridized carbons (Fsp3) is 0.455. The van der Waals surface area contributed by atoms with Crippen molar-refractivity contribution in [3.63, 3.8) is 0 Å². The Morgan fingerprint density at radius 2 is 2.03 bits per heavy atom. The molecule has 1 aliphatic heterocycles. The molecule has 158 valence electrons. The van der Waals surface area contributed by atoms with Gasteiger partial charge >= 0.3 is 0 Å². The highest BCUT2D eigenvalue weighted by molar-refractivity contribution is 8.00. The Bertz CT molecular complexity index is 1060. The Morgan fingerprint density at radius 3 is 2.77 bits per heavy atom. The summed E-state index contributed by atoms with van der Waals surface area (Å²) in [4.78, 5) is 28.5. The third kappa shape index (κ3) is 4.59. The third-order valence-corrected chi connectivity index (χ3v) is 7.59. The number of nitrogens with zero attached hydrogens (tertiary/aromatic N) is 4. The van der Waals surface area contributed by atoms with Gasteiger partial charge in [0.15, 0.2) is 10.8 Å². The van der Waals surface area contributed by atoms with Crippen LogP contribution in [0.4, 0.5) is 10.8 Å². The maximum absolute atomic E-state index is 12.6. The number of hydrogen-bond acceptors (Lipinski definition) is 7. The van der Waals surface area contributed by atoms with Gasteiger partial charge in [-0.1, -0.05) is 47.7 Å². The Labute approximate surface area is 185 Å². The fourth-order valence-electron chi connectivity index (χ4n) is 4.01. The fourth-order valence-corrected chi connectivity index (χ4v) is 5.94. The van der Waals surface area contributed by atoms with Gasteiger partial charge in [0.05, 0.1) is 5.75 Å². The molecule has 3 aromatic rings. The van der Waals surface area contributed by atoms with Crippen LogP contribution in [0.5, 0.6) is 0 Å². The predicted octanol–water partition coefficient (Wildman–Crippen LogP) is 4.98. The van der Waals surface area contributed by atoms with E-state index in [1.807, 2.05) is 13.8 Å². The largest absolute Gasteiger partial charge is 0.348 e. The van der Waals surface area contributed by atoms with Gasteiger partial charge in [-0.3, -0.25) is 4.79 Å². The molecule has 1 saturated heterocycles. The van der Waals surface area contributed by atoms with Crippen molar-refractivity contribution in [2.24, 2.45) is 5.92 Å². The summed E-state index contributed by atoms with van der Waals surface area (Å²) >= 11 is 3.07. The number of carbonyl (C=O) groups is 1. The van der Waals surface area contributed by atoms with Crippen molar-refractivity contribution in [1.29, 1.82) is 0 Å². The molecule has 0 radical (unpaired) electrons. The van der Waals surface area contributed by atoms with Crippen LogP contribution in [0.15, 0.2) is 23.5 Å². The number of thiazole rings is 1. The summed E-state index contributed by atoms with van der Waals surface area (Å²) < 4.78 is 0.964. The van der Waals surface area contributed by atoms with Crippen molar-refractivity contribution in [3.8, 4) is 0 Å². The number of fused-ring (bicyclic) bond motifs is 1. The molecule has 3 heterocycles. The van der Waals surface area contributed by atoms with Gasteiger partial charge in [-0.25, -0.2) is 9.97 Å². The Hall–Kier alpha value is -2.19. The molecule has 30 heavy (non-hydrogen) atoms. The minimum Gasteiger partial charge on any atom is -0.348 e. The SMILES string of the molecule is Cc1cc(C)c(NC(=O)CSc2ncnc3nc(N4CCC[C@@H](C)C4)sc23)c(C)c1. The molecule has 2 aromatic heterocycles. The number of amides is 1. The molecule has 1 amide bonds. The van der Waals surface area contributed by atoms with Gasteiger partial charge in [0.1, 0.15) is 16.1 Å². The molecule has 0 saturated carbocycles. The van der Waals surface area contributed by atoms with Gasteiger partial charge in [0.2, 0.25) is 5.91 Å². The number of thioether (sulfide) groups is 1. The van der Waals surface area contributed by atoms with Crippen molar-refractivity contribution in [3.05, 3.63) is 35.2 Å². The van der Waals surface area contributed by atoms with Gasteiger partial charge in [0, 0.05) is 18.8 Å². The van der Waals surface area contributed by atoms with Gasteiger partial charge in [-0.05, 0) is 50.7 Å². The van der Waals surface area contributed by atoms with Crippen LogP contribution in [0.2, 0.25) is 0 Å². The first-order chi connectivity index (χ1) is 14.4. The lowest BCUT2D eigenvalue weighted by molar-refractivity contribution is -0.113. The highest BCUT2D eigenvalue weighted by Crippen LogP contribution is 2.35. The first-order valence-electron chi connectivity index (χ1n) is 10.3. The topological polar surface area (TPSA) is 71.0 Å². The van der Waals surface area contributed by atoms with Gasteiger partial charge < -0.3 is 10.2 Å². The lowest BCUT2D eigenvalue weighted by atomic mass is 10.0. The Kier molecular flexibility index (Phi) is 6.24. The second-order valence-corrected chi connectivity index (χ2v) is 10.1. The van der Waals surface area contributed by atoms with E-state index in [9.17, 15) is 4.79 Å². The van der Waals surface area contributed by atoms with E-state index in [1.54, 1.807) is 17.7 Å². The molecule has 1 aliphatic rings. The van der Waals surface area contributed by atoms with Crippen LogP contribution >= 0.6 is 23.1 Å². The molecular formula is C22H27N5OS2. The van der Waals surface area contributed by atoms with Crippen LogP contribution in [0.3, 0.4) is 0 Å². The number of anilines is 2. The molecule has 4 rings (SSSR count). The van der Waals surface area contributed by atoms with Crippen molar-refractivity contribution >= 4 is 50.2 Å². The number of nitrogens with one attached hydrogen (secondary N) is 1. The molecule has 1 aromatic carbocycles. The van der Waals surface area contributed by atoms with E-state index in [4.69, 9.17) is 4.98 Å². The standard InChI is InChI=1S/C22H27N5OS2/c1-13-6-5-7-27(10-13)22-26-20-19(30-22)21(24-12-23-20)29-11-17(28)25-18-15(3)8-14(2)9-16(18)4/h8-9,12-13H,5-7,10-11H2,1-4H3,(H,25,28)/t13-/m1/s1. The highest BCUT2D eigenvalue weighted by atomic mass is 32.2. The summed E-state index contributed by atoms with van der Waals surface area (Å²) in [6.07, 6.45) is 4.01. The van der Waals surface area contributed by atoms with E-state index in [0.29, 0.717) is 11.7 Å². The molecule has 1 fully saturated rings. The lowest BCUT2D eigenvalue weighted by Gasteiger charge is -2.30. The molecule has 0 aliphatic carbocycles. The predicted molar refractivity (Wildman–Crippen MR) is 126 cm³/mol. The van der Waals surface area contributed by atoms with Crippen molar-refractivity contribution in [1.82, 2.24) is 15.0 Å². The first-order valence-corrected chi connectivity index (χ1v) is 12.1.